The van der Waals surface area contributed by atoms with E-state index >= 15 is 0 Å². The van der Waals surface area contributed by atoms with Crippen molar-refractivity contribution in [2.45, 2.75) is 38.8 Å². The van der Waals surface area contributed by atoms with Gasteiger partial charge in [0.05, 0.1) is 0 Å². The highest BCUT2D eigenvalue weighted by atomic mass is 16.5. The summed E-state index contributed by atoms with van der Waals surface area (Å²) in [6, 6.07) is 9.74. The summed E-state index contributed by atoms with van der Waals surface area (Å²) in [6.45, 7) is 7.06. The molecule has 106 valence electrons. The first-order valence-electron chi connectivity index (χ1n) is 6.73. The molecule has 1 rings (SSSR count). The van der Waals surface area contributed by atoms with Crippen LogP contribution in [0.15, 0.2) is 30.3 Å². The lowest BCUT2D eigenvalue weighted by molar-refractivity contribution is -0.126. The Kier molecular flexibility index (Phi) is 5.99. The van der Waals surface area contributed by atoms with Crippen molar-refractivity contribution < 1.29 is 9.53 Å². The van der Waals surface area contributed by atoms with Gasteiger partial charge in [-0.15, -0.1) is 0 Å². The Bertz CT molecular complexity index is 392. The van der Waals surface area contributed by atoms with Crippen molar-refractivity contribution in [1.82, 2.24) is 5.32 Å². The summed E-state index contributed by atoms with van der Waals surface area (Å²) in [6.07, 6.45) is 0.526. The summed E-state index contributed by atoms with van der Waals surface area (Å²) in [4.78, 5) is 12.1. The van der Waals surface area contributed by atoms with Crippen molar-refractivity contribution in [2.24, 2.45) is 5.73 Å². The van der Waals surface area contributed by atoms with Crippen LogP contribution in [-0.4, -0.2) is 25.2 Å². The Hall–Kier alpha value is -1.39. The van der Waals surface area contributed by atoms with Crippen molar-refractivity contribution >= 4 is 5.91 Å². The third-order valence-corrected chi connectivity index (χ3v) is 3.05. The van der Waals surface area contributed by atoms with Crippen LogP contribution >= 0.6 is 0 Å². The molecule has 0 saturated carbocycles. The molecule has 0 aliphatic heterocycles. The van der Waals surface area contributed by atoms with Gasteiger partial charge in [-0.3, -0.25) is 10.1 Å². The lowest BCUT2D eigenvalue weighted by Gasteiger charge is -2.34. The van der Waals surface area contributed by atoms with E-state index in [1.54, 1.807) is 0 Å². The fourth-order valence-corrected chi connectivity index (χ4v) is 2.22. The maximum atomic E-state index is 12.1. The molecule has 3 N–H and O–H groups in total. The first-order chi connectivity index (χ1) is 9.03. The second-order valence-electron chi connectivity index (χ2n) is 4.88. The molecule has 0 saturated heterocycles. The topological polar surface area (TPSA) is 64.3 Å². The number of amides is 1. The highest BCUT2D eigenvalue weighted by Gasteiger charge is 2.38. The lowest BCUT2D eigenvalue weighted by atomic mass is 9.85. The molecule has 0 heterocycles. The zero-order valence-electron chi connectivity index (χ0n) is 12.0. The van der Waals surface area contributed by atoms with Gasteiger partial charge in [0, 0.05) is 25.7 Å². The minimum absolute atomic E-state index is 0.148. The van der Waals surface area contributed by atoms with Crippen LogP contribution in [0.5, 0.6) is 0 Å². The molecule has 0 spiro atoms. The molecule has 0 aromatic heterocycles. The Morgan fingerprint density at radius 2 is 2.00 bits per heavy atom. The maximum absolute atomic E-state index is 12.1. The summed E-state index contributed by atoms with van der Waals surface area (Å²) >= 11 is 0. The van der Waals surface area contributed by atoms with E-state index in [2.05, 4.69) is 5.32 Å². The molecule has 4 heteroatoms. The smallest absolute Gasteiger partial charge is 0.242 e. The zero-order valence-corrected chi connectivity index (χ0v) is 12.0. The van der Waals surface area contributed by atoms with Gasteiger partial charge in [0.2, 0.25) is 5.91 Å². The molecule has 1 aromatic carbocycles. The van der Waals surface area contributed by atoms with Crippen molar-refractivity contribution in [3.8, 4) is 0 Å². The maximum Gasteiger partial charge on any atom is 0.242 e. The first-order valence-corrected chi connectivity index (χ1v) is 6.73. The number of ether oxygens (including phenoxy) is 1. The third kappa shape index (κ3) is 4.04. The van der Waals surface area contributed by atoms with Crippen molar-refractivity contribution in [3.63, 3.8) is 0 Å². The van der Waals surface area contributed by atoms with E-state index in [9.17, 15) is 4.79 Å². The van der Waals surface area contributed by atoms with Gasteiger partial charge in [0.15, 0.2) is 0 Å². The first kappa shape index (κ1) is 15.7. The van der Waals surface area contributed by atoms with Crippen molar-refractivity contribution in [3.05, 3.63) is 35.9 Å². The van der Waals surface area contributed by atoms with Crippen LogP contribution < -0.4 is 11.1 Å². The van der Waals surface area contributed by atoms with Gasteiger partial charge in [-0.2, -0.15) is 0 Å². The Labute approximate surface area is 115 Å². The molecule has 0 fully saturated rings. The van der Waals surface area contributed by atoms with E-state index in [1.165, 1.54) is 0 Å². The fourth-order valence-electron chi connectivity index (χ4n) is 2.22. The number of carbonyl (C=O) groups excluding carboxylic acids is 1. The third-order valence-electron chi connectivity index (χ3n) is 3.05. The van der Waals surface area contributed by atoms with Gasteiger partial charge in [-0.1, -0.05) is 30.3 Å². The number of benzene rings is 1. The number of primary amides is 1. The molecule has 19 heavy (non-hydrogen) atoms. The molecule has 0 radical (unpaired) electrons. The Morgan fingerprint density at radius 1 is 1.37 bits per heavy atom. The van der Waals surface area contributed by atoms with E-state index in [0.29, 0.717) is 19.6 Å². The number of nitrogens with one attached hydrogen (secondary N) is 1. The van der Waals surface area contributed by atoms with Gasteiger partial charge >= 0.3 is 0 Å². The van der Waals surface area contributed by atoms with Gasteiger partial charge < -0.3 is 10.5 Å². The van der Waals surface area contributed by atoms with Crippen LogP contribution in [0.2, 0.25) is 0 Å². The largest absolute Gasteiger partial charge is 0.382 e. The number of carbonyl (C=O) groups is 1. The standard InChI is InChI=1S/C15H24N2O2/c1-4-19-11-10-15(14(16)18,17-12(2)3)13-8-6-5-7-9-13/h5-9,12,17H,4,10-11H2,1-3H3,(H2,16,18). The number of rotatable bonds is 8. The fraction of sp³-hybridized carbons (Fsp3) is 0.533. The summed E-state index contributed by atoms with van der Waals surface area (Å²) in [5.74, 6) is -0.368. The van der Waals surface area contributed by atoms with E-state index in [4.69, 9.17) is 10.5 Å². The molecular formula is C15H24N2O2. The molecule has 1 amide bonds. The SMILES string of the molecule is CCOCCC(NC(C)C)(C(N)=O)c1ccccc1. The minimum atomic E-state index is -0.870. The summed E-state index contributed by atoms with van der Waals surface area (Å²) in [5.41, 5.74) is 5.69. The van der Waals surface area contributed by atoms with Crippen molar-refractivity contribution in [1.29, 1.82) is 0 Å². The Morgan fingerprint density at radius 3 is 2.47 bits per heavy atom. The number of hydrogen-bond donors (Lipinski definition) is 2. The average molecular weight is 264 g/mol. The summed E-state index contributed by atoms with van der Waals surface area (Å²) in [5, 5.41) is 3.31. The lowest BCUT2D eigenvalue weighted by Crippen LogP contribution is -2.55. The van der Waals surface area contributed by atoms with Crippen LogP contribution in [0.1, 0.15) is 32.8 Å². The highest BCUT2D eigenvalue weighted by Crippen LogP contribution is 2.26. The normalized spacial score (nSPS) is 14.3. The van der Waals surface area contributed by atoms with E-state index < -0.39 is 5.54 Å². The molecule has 0 bridgehead atoms. The number of hydrogen-bond acceptors (Lipinski definition) is 3. The molecule has 1 atom stereocenters. The number of nitrogens with two attached hydrogens (primary N) is 1. The van der Waals surface area contributed by atoms with E-state index in [1.807, 2.05) is 51.1 Å². The molecule has 0 aliphatic carbocycles. The van der Waals surface area contributed by atoms with Crippen LogP contribution in [0.25, 0.3) is 0 Å². The Balaban J connectivity index is 3.08. The molecule has 1 aromatic rings. The molecule has 1 unspecified atom stereocenters. The van der Waals surface area contributed by atoms with Crippen LogP contribution in [0.4, 0.5) is 0 Å². The van der Waals surface area contributed by atoms with E-state index in [-0.39, 0.29) is 11.9 Å². The highest BCUT2D eigenvalue weighted by molar-refractivity contribution is 5.86. The molecular weight excluding hydrogens is 240 g/mol. The second kappa shape index (κ2) is 7.26. The van der Waals surface area contributed by atoms with Gasteiger partial charge in [-0.05, 0) is 26.3 Å². The van der Waals surface area contributed by atoms with Gasteiger partial charge in [0.1, 0.15) is 5.54 Å². The van der Waals surface area contributed by atoms with Crippen LogP contribution in [-0.2, 0) is 15.1 Å². The quantitative estimate of drug-likeness (QED) is 0.704. The predicted molar refractivity (Wildman–Crippen MR) is 76.7 cm³/mol. The zero-order chi connectivity index (χ0) is 14.3. The monoisotopic (exact) mass is 264 g/mol. The average Bonchev–Trinajstić information content (AvgIpc) is 2.38. The van der Waals surface area contributed by atoms with E-state index in [0.717, 1.165) is 5.56 Å². The molecule has 4 nitrogen and oxygen atoms in total. The molecule has 0 aliphatic rings. The van der Waals surface area contributed by atoms with Gasteiger partial charge in [0.25, 0.3) is 0 Å². The minimum Gasteiger partial charge on any atom is -0.382 e. The summed E-state index contributed by atoms with van der Waals surface area (Å²) < 4.78 is 5.39. The second-order valence-corrected chi connectivity index (χ2v) is 4.88. The predicted octanol–water partition coefficient (Wildman–Crippen LogP) is 1.79. The van der Waals surface area contributed by atoms with Crippen molar-refractivity contribution in [2.75, 3.05) is 13.2 Å². The summed E-state index contributed by atoms with van der Waals surface area (Å²) in [7, 11) is 0. The van der Waals surface area contributed by atoms with Gasteiger partial charge in [-0.25, -0.2) is 0 Å². The van der Waals surface area contributed by atoms with Crippen LogP contribution in [0.3, 0.4) is 0 Å². The van der Waals surface area contributed by atoms with Crippen LogP contribution in [0, 0.1) is 0 Å².